The molecule has 0 amide bonds. The van der Waals surface area contributed by atoms with Crippen molar-refractivity contribution >= 4 is 0 Å². The molecular weight excluding hydrogens is 238 g/mol. The van der Waals surface area contributed by atoms with E-state index in [1.54, 1.807) is 0 Å². The molecule has 0 saturated carbocycles. The van der Waals surface area contributed by atoms with E-state index in [4.69, 9.17) is 4.74 Å². The van der Waals surface area contributed by atoms with E-state index in [1.807, 2.05) is 30.2 Å². The van der Waals surface area contributed by atoms with Gasteiger partial charge in [0.05, 0.1) is 12.3 Å². The lowest BCUT2D eigenvalue weighted by Gasteiger charge is -2.20. The van der Waals surface area contributed by atoms with Gasteiger partial charge in [-0.3, -0.25) is 4.68 Å². The summed E-state index contributed by atoms with van der Waals surface area (Å²) in [7, 11) is 1.94. The summed E-state index contributed by atoms with van der Waals surface area (Å²) in [6.07, 6.45) is 5.17. The van der Waals surface area contributed by atoms with E-state index in [0.717, 1.165) is 19.6 Å². The minimum Gasteiger partial charge on any atom is -0.372 e. The Labute approximate surface area is 113 Å². The number of nitrogens with one attached hydrogen (secondary N) is 1. The Balaban J connectivity index is 1.64. The van der Waals surface area contributed by atoms with Gasteiger partial charge in [-0.2, -0.15) is 5.10 Å². The monoisotopic (exact) mass is 257 g/mol. The average Bonchev–Trinajstić information content (AvgIpc) is 3.06. The van der Waals surface area contributed by atoms with Crippen molar-refractivity contribution in [2.24, 2.45) is 7.05 Å². The first-order chi connectivity index (χ1) is 9.33. The Morgan fingerprint density at radius 1 is 1.37 bits per heavy atom. The molecule has 1 aliphatic heterocycles. The molecule has 0 spiro atoms. The van der Waals surface area contributed by atoms with Crippen LogP contribution in [-0.2, 0) is 18.3 Å². The number of rotatable bonds is 4. The standard InChI is InChI=1S/C15H19N3O/c1-18-11-12(10-17-18)9-16-14-7-8-19-15(14)13-5-3-2-4-6-13/h2-6,10-11,14-16H,7-9H2,1H3/t14-,15-/m0/s1. The molecule has 4 heteroatoms. The summed E-state index contributed by atoms with van der Waals surface area (Å²) in [4.78, 5) is 0. The van der Waals surface area contributed by atoms with Gasteiger partial charge in [0.15, 0.2) is 0 Å². The number of aryl methyl sites for hydroxylation is 1. The lowest BCUT2D eigenvalue weighted by molar-refractivity contribution is 0.0985. The minimum absolute atomic E-state index is 0.165. The summed E-state index contributed by atoms with van der Waals surface area (Å²) < 4.78 is 7.69. The summed E-state index contributed by atoms with van der Waals surface area (Å²) in [6.45, 7) is 1.66. The summed E-state index contributed by atoms with van der Waals surface area (Å²) in [5, 5.41) is 7.77. The molecule has 0 aliphatic carbocycles. The number of nitrogens with zero attached hydrogens (tertiary/aromatic N) is 2. The second kappa shape index (κ2) is 5.55. The number of hydrogen-bond acceptors (Lipinski definition) is 3. The SMILES string of the molecule is Cn1cc(CN[C@H]2CCO[C@H]2c2ccccc2)cn1. The zero-order valence-electron chi connectivity index (χ0n) is 11.1. The molecule has 1 N–H and O–H groups in total. The highest BCUT2D eigenvalue weighted by Gasteiger charge is 2.28. The van der Waals surface area contributed by atoms with E-state index >= 15 is 0 Å². The Bertz CT molecular complexity index is 523. The van der Waals surface area contributed by atoms with Gasteiger partial charge < -0.3 is 10.1 Å². The molecule has 100 valence electrons. The highest BCUT2D eigenvalue weighted by Crippen LogP contribution is 2.29. The topological polar surface area (TPSA) is 39.1 Å². The largest absolute Gasteiger partial charge is 0.372 e. The first kappa shape index (κ1) is 12.4. The molecule has 3 rings (SSSR count). The fourth-order valence-corrected chi connectivity index (χ4v) is 2.58. The Hall–Kier alpha value is -1.65. The Kier molecular flexibility index (Phi) is 3.62. The van der Waals surface area contributed by atoms with Crippen molar-refractivity contribution in [2.45, 2.75) is 25.1 Å². The van der Waals surface area contributed by atoms with Crippen LogP contribution in [0.1, 0.15) is 23.7 Å². The average molecular weight is 257 g/mol. The van der Waals surface area contributed by atoms with Gasteiger partial charge in [0.2, 0.25) is 0 Å². The van der Waals surface area contributed by atoms with E-state index in [-0.39, 0.29) is 6.10 Å². The molecule has 1 aliphatic rings. The molecule has 1 fully saturated rings. The van der Waals surface area contributed by atoms with Crippen LogP contribution in [0.15, 0.2) is 42.7 Å². The van der Waals surface area contributed by atoms with Crippen LogP contribution in [0.2, 0.25) is 0 Å². The van der Waals surface area contributed by atoms with Gasteiger partial charge in [0.25, 0.3) is 0 Å². The fraction of sp³-hybridized carbons (Fsp3) is 0.400. The summed E-state index contributed by atoms with van der Waals surface area (Å²) >= 11 is 0. The molecule has 0 radical (unpaired) electrons. The van der Waals surface area contributed by atoms with Gasteiger partial charge >= 0.3 is 0 Å². The van der Waals surface area contributed by atoms with Crippen molar-refractivity contribution in [1.29, 1.82) is 0 Å². The maximum Gasteiger partial charge on any atom is 0.0978 e. The third kappa shape index (κ3) is 2.85. The first-order valence-electron chi connectivity index (χ1n) is 6.70. The van der Waals surface area contributed by atoms with Gasteiger partial charge in [-0.15, -0.1) is 0 Å². The van der Waals surface area contributed by atoms with Gasteiger partial charge in [0, 0.05) is 38.0 Å². The third-order valence-corrected chi connectivity index (χ3v) is 3.55. The Morgan fingerprint density at radius 3 is 2.95 bits per heavy atom. The van der Waals surface area contributed by atoms with Gasteiger partial charge in [0.1, 0.15) is 0 Å². The summed E-state index contributed by atoms with van der Waals surface area (Å²) in [6, 6.07) is 10.8. The predicted octanol–water partition coefficient (Wildman–Crippen LogP) is 2.04. The van der Waals surface area contributed by atoms with Crippen LogP contribution >= 0.6 is 0 Å². The van der Waals surface area contributed by atoms with Crippen LogP contribution in [0.3, 0.4) is 0 Å². The van der Waals surface area contributed by atoms with Gasteiger partial charge in [-0.05, 0) is 12.0 Å². The number of hydrogen-bond donors (Lipinski definition) is 1. The van der Waals surface area contributed by atoms with Crippen molar-refractivity contribution in [2.75, 3.05) is 6.61 Å². The lowest BCUT2D eigenvalue weighted by Crippen LogP contribution is -2.31. The van der Waals surface area contributed by atoms with Gasteiger partial charge in [-0.1, -0.05) is 30.3 Å². The molecular formula is C15H19N3O. The van der Waals surface area contributed by atoms with E-state index in [9.17, 15) is 0 Å². The molecule has 2 heterocycles. The molecule has 4 nitrogen and oxygen atoms in total. The first-order valence-corrected chi connectivity index (χ1v) is 6.70. The zero-order chi connectivity index (χ0) is 13.1. The fourth-order valence-electron chi connectivity index (χ4n) is 2.58. The summed E-state index contributed by atoms with van der Waals surface area (Å²) in [5.41, 5.74) is 2.46. The Morgan fingerprint density at radius 2 is 2.21 bits per heavy atom. The number of aromatic nitrogens is 2. The lowest BCUT2D eigenvalue weighted by atomic mass is 10.0. The van der Waals surface area contributed by atoms with Crippen molar-refractivity contribution in [3.8, 4) is 0 Å². The van der Waals surface area contributed by atoms with E-state index in [0.29, 0.717) is 6.04 Å². The van der Waals surface area contributed by atoms with E-state index in [2.05, 4.69) is 34.7 Å². The normalized spacial score (nSPS) is 22.8. The molecule has 1 aromatic heterocycles. The highest BCUT2D eigenvalue weighted by atomic mass is 16.5. The highest BCUT2D eigenvalue weighted by molar-refractivity contribution is 5.20. The van der Waals surface area contributed by atoms with Crippen LogP contribution in [0.5, 0.6) is 0 Å². The second-order valence-electron chi connectivity index (χ2n) is 5.00. The smallest absolute Gasteiger partial charge is 0.0978 e. The van der Waals surface area contributed by atoms with Gasteiger partial charge in [-0.25, -0.2) is 0 Å². The zero-order valence-corrected chi connectivity index (χ0v) is 11.1. The molecule has 0 unspecified atom stereocenters. The van der Waals surface area contributed by atoms with Crippen molar-refractivity contribution in [3.63, 3.8) is 0 Å². The molecule has 1 aromatic carbocycles. The molecule has 1 saturated heterocycles. The number of benzene rings is 1. The quantitative estimate of drug-likeness (QED) is 0.911. The van der Waals surface area contributed by atoms with Crippen molar-refractivity contribution in [1.82, 2.24) is 15.1 Å². The van der Waals surface area contributed by atoms with Crippen LogP contribution in [0, 0.1) is 0 Å². The van der Waals surface area contributed by atoms with Crippen LogP contribution < -0.4 is 5.32 Å². The minimum atomic E-state index is 0.165. The van der Waals surface area contributed by atoms with E-state index in [1.165, 1.54) is 11.1 Å². The van der Waals surface area contributed by atoms with Crippen LogP contribution in [0.25, 0.3) is 0 Å². The maximum atomic E-state index is 5.86. The van der Waals surface area contributed by atoms with Crippen LogP contribution in [0.4, 0.5) is 0 Å². The third-order valence-electron chi connectivity index (χ3n) is 3.55. The molecule has 19 heavy (non-hydrogen) atoms. The van der Waals surface area contributed by atoms with Crippen molar-refractivity contribution in [3.05, 3.63) is 53.9 Å². The second-order valence-corrected chi connectivity index (χ2v) is 5.00. The molecule has 2 aromatic rings. The van der Waals surface area contributed by atoms with Crippen LogP contribution in [-0.4, -0.2) is 22.4 Å². The number of ether oxygens (including phenoxy) is 1. The maximum absolute atomic E-state index is 5.86. The predicted molar refractivity (Wildman–Crippen MR) is 73.6 cm³/mol. The van der Waals surface area contributed by atoms with Crippen molar-refractivity contribution < 1.29 is 4.74 Å². The summed E-state index contributed by atoms with van der Waals surface area (Å²) in [5.74, 6) is 0. The molecule has 0 bridgehead atoms. The molecule has 2 atom stereocenters. The van der Waals surface area contributed by atoms with E-state index < -0.39 is 0 Å².